The van der Waals surface area contributed by atoms with Crippen LogP contribution < -0.4 is 10.5 Å². The van der Waals surface area contributed by atoms with Crippen molar-refractivity contribution < 1.29 is 8.42 Å². The van der Waals surface area contributed by atoms with E-state index < -0.39 is 10.0 Å². The largest absolute Gasteiger partial charge is 0.326 e. The lowest BCUT2D eigenvalue weighted by atomic mass is 9.78. The quantitative estimate of drug-likeness (QED) is 0.897. The molecule has 1 fully saturated rings. The molecule has 1 aliphatic rings. The zero-order chi connectivity index (χ0) is 14.9. The van der Waals surface area contributed by atoms with E-state index in [9.17, 15) is 8.42 Å². The fourth-order valence-corrected chi connectivity index (χ4v) is 5.78. The van der Waals surface area contributed by atoms with Gasteiger partial charge in [-0.05, 0) is 31.2 Å². The molecule has 20 heavy (non-hydrogen) atoms. The van der Waals surface area contributed by atoms with Gasteiger partial charge in [-0.2, -0.15) is 0 Å². The molecule has 4 nitrogen and oxygen atoms in total. The Labute approximate surface area is 125 Å². The molecule has 0 bridgehead atoms. The molecular weight excluding hydrogens is 292 g/mol. The number of nitrogens with one attached hydrogen (secondary N) is 1. The van der Waals surface area contributed by atoms with Crippen LogP contribution >= 0.6 is 11.3 Å². The van der Waals surface area contributed by atoms with E-state index in [1.54, 1.807) is 6.07 Å². The van der Waals surface area contributed by atoms with Crippen molar-refractivity contribution in [1.82, 2.24) is 4.72 Å². The molecule has 0 amide bonds. The summed E-state index contributed by atoms with van der Waals surface area (Å²) in [6.07, 6.45) is 3.21. The fraction of sp³-hybridized carbons (Fsp3) is 0.714. The predicted octanol–water partition coefficient (Wildman–Crippen LogP) is 2.62. The van der Waals surface area contributed by atoms with Crippen molar-refractivity contribution in [2.75, 3.05) is 0 Å². The van der Waals surface area contributed by atoms with E-state index in [4.69, 9.17) is 5.73 Å². The Morgan fingerprint density at radius 1 is 1.40 bits per heavy atom. The van der Waals surface area contributed by atoms with E-state index in [0.717, 1.165) is 22.6 Å². The summed E-state index contributed by atoms with van der Waals surface area (Å²) in [6, 6.07) is 1.75. The smallest absolute Gasteiger partial charge is 0.241 e. The lowest BCUT2D eigenvalue weighted by Gasteiger charge is -2.34. The van der Waals surface area contributed by atoms with Crippen LogP contribution in [0.2, 0.25) is 0 Å². The van der Waals surface area contributed by atoms with Gasteiger partial charge in [0.05, 0.1) is 4.90 Å². The number of aryl methyl sites for hydroxylation is 1. The summed E-state index contributed by atoms with van der Waals surface area (Å²) < 4.78 is 28.0. The van der Waals surface area contributed by atoms with Gasteiger partial charge < -0.3 is 5.73 Å². The second-order valence-electron chi connectivity index (χ2n) is 5.83. The van der Waals surface area contributed by atoms with Gasteiger partial charge in [-0.15, -0.1) is 11.3 Å². The SMILES string of the molecule is Cc1sc(CN)cc1S(=O)(=O)NC1CCCC(C)C1C. The van der Waals surface area contributed by atoms with Gasteiger partial charge in [-0.1, -0.05) is 26.7 Å². The molecule has 114 valence electrons. The van der Waals surface area contributed by atoms with Crippen molar-refractivity contribution in [3.8, 4) is 0 Å². The summed E-state index contributed by atoms with van der Waals surface area (Å²) in [7, 11) is -3.43. The first-order valence-electron chi connectivity index (χ1n) is 7.17. The summed E-state index contributed by atoms with van der Waals surface area (Å²) in [6.45, 7) is 6.57. The molecule has 3 N–H and O–H groups in total. The van der Waals surface area contributed by atoms with Gasteiger partial charge in [0.25, 0.3) is 0 Å². The molecule has 0 radical (unpaired) electrons. The summed E-state index contributed by atoms with van der Waals surface area (Å²) in [4.78, 5) is 2.12. The highest BCUT2D eigenvalue weighted by Gasteiger charge is 2.31. The van der Waals surface area contributed by atoms with Crippen molar-refractivity contribution >= 4 is 21.4 Å². The third-order valence-electron chi connectivity index (χ3n) is 4.43. The number of rotatable bonds is 4. The molecule has 6 heteroatoms. The molecule has 1 heterocycles. The Bertz CT molecular complexity index is 566. The molecule has 3 atom stereocenters. The van der Waals surface area contributed by atoms with Crippen molar-refractivity contribution in [1.29, 1.82) is 0 Å². The Morgan fingerprint density at radius 2 is 2.10 bits per heavy atom. The highest BCUT2D eigenvalue weighted by atomic mass is 32.2. The Kier molecular flexibility index (Phi) is 4.89. The second-order valence-corrected chi connectivity index (χ2v) is 8.86. The van der Waals surface area contributed by atoms with Crippen molar-refractivity contribution in [3.05, 3.63) is 15.8 Å². The summed E-state index contributed by atoms with van der Waals surface area (Å²) in [5.74, 6) is 0.950. The van der Waals surface area contributed by atoms with E-state index >= 15 is 0 Å². The maximum atomic E-state index is 12.6. The average molecular weight is 316 g/mol. The highest BCUT2D eigenvalue weighted by molar-refractivity contribution is 7.89. The second kappa shape index (κ2) is 6.13. The minimum Gasteiger partial charge on any atom is -0.326 e. The Morgan fingerprint density at radius 3 is 2.70 bits per heavy atom. The van der Waals surface area contributed by atoms with Crippen LogP contribution in [0.15, 0.2) is 11.0 Å². The molecule has 1 aliphatic carbocycles. The lowest BCUT2D eigenvalue weighted by molar-refractivity contribution is 0.227. The van der Waals surface area contributed by atoms with E-state index in [2.05, 4.69) is 18.6 Å². The van der Waals surface area contributed by atoms with Gasteiger partial charge in [0.1, 0.15) is 0 Å². The van der Waals surface area contributed by atoms with E-state index in [0.29, 0.717) is 23.3 Å². The first-order chi connectivity index (χ1) is 9.35. The monoisotopic (exact) mass is 316 g/mol. The van der Waals surface area contributed by atoms with Crippen LogP contribution in [-0.2, 0) is 16.6 Å². The molecule has 1 aromatic rings. The molecule has 0 spiro atoms. The van der Waals surface area contributed by atoms with Crippen LogP contribution in [0.25, 0.3) is 0 Å². The van der Waals surface area contributed by atoms with Crippen LogP contribution in [0.4, 0.5) is 0 Å². The molecule has 0 aromatic carbocycles. The molecule has 0 saturated heterocycles. The number of sulfonamides is 1. The number of hydrogen-bond acceptors (Lipinski definition) is 4. The number of nitrogens with two attached hydrogens (primary N) is 1. The maximum Gasteiger partial charge on any atom is 0.241 e. The highest BCUT2D eigenvalue weighted by Crippen LogP contribution is 2.32. The van der Waals surface area contributed by atoms with Crippen LogP contribution in [0.5, 0.6) is 0 Å². The predicted molar refractivity (Wildman–Crippen MR) is 83.2 cm³/mol. The minimum atomic E-state index is -3.43. The first-order valence-corrected chi connectivity index (χ1v) is 9.47. The number of hydrogen-bond donors (Lipinski definition) is 2. The van der Waals surface area contributed by atoms with Gasteiger partial charge in [-0.25, -0.2) is 13.1 Å². The van der Waals surface area contributed by atoms with Crippen molar-refractivity contribution in [2.45, 2.75) is 57.5 Å². The van der Waals surface area contributed by atoms with Crippen molar-refractivity contribution in [3.63, 3.8) is 0 Å². The Hall–Kier alpha value is -0.430. The van der Waals surface area contributed by atoms with Gasteiger partial charge in [0.2, 0.25) is 10.0 Å². The molecule has 2 rings (SSSR count). The normalized spacial score (nSPS) is 27.7. The van der Waals surface area contributed by atoms with Gasteiger partial charge >= 0.3 is 0 Å². The van der Waals surface area contributed by atoms with Crippen LogP contribution in [0.1, 0.15) is 42.9 Å². The van der Waals surface area contributed by atoms with Gasteiger partial charge in [-0.3, -0.25) is 0 Å². The van der Waals surface area contributed by atoms with Crippen LogP contribution in [0.3, 0.4) is 0 Å². The topological polar surface area (TPSA) is 72.2 Å². The molecule has 0 aliphatic heterocycles. The number of thiophene rings is 1. The van der Waals surface area contributed by atoms with Gasteiger partial charge in [0.15, 0.2) is 0 Å². The molecule has 1 aromatic heterocycles. The van der Waals surface area contributed by atoms with E-state index in [-0.39, 0.29) is 6.04 Å². The van der Waals surface area contributed by atoms with Gasteiger partial charge in [0, 0.05) is 22.3 Å². The fourth-order valence-electron chi connectivity index (χ4n) is 2.90. The molecule has 3 unspecified atom stereocenters. The molecular formula is C14H24N2O2S2. The van der Waals surface area contributed by atoms with E-state index in [1.165, 1.54) is 17.8 Å². The third kappa shape index (κ3) is 3.24. The first kappa shape index (κ1) is 15.9. The van der Waals surface area contributed by atoms with E-state index in [1.807, 2.05) is 6.92 Å². The van der Waals surface area contributed by atoms with Crippen LogP contribution in [-0.4, -0.2) is 14.5 Å². The minimum absolute atomic E-state index is 0.0457. The summed E-state index contributed by atoms with van der Waals surface area (Å²) in [5.41, 5.74) is 5.60. The summed E-state index contributed by atoms with van der Waals surface area (Å²) in [5, 5.41) is 0. The third-order valence-corrected chi connectivity index (χ3v) is 7.25. The zero-order valence-corrected chi connectivity index (χ0v) is 14.0. The summed E-state index contributed by atoms with van der Waals surface area (Å²) >= 11 is 1.46. The standard InChI is InChI=1S/C14H24N2O2S2/c1-9-5-4-6-13(10(9)2)16-20(17,18)14-7-12(8-15)19-11(14)3/h7,9-10,13,16H,4-6,8,15H2,1-3H3. The molecule has 1 saturated carbocycles. The Balaban J connectivity index is 2.20. The zero-order valence-electron chi connectivity index (χ0n) is 12.3. The van der Waals surface area contributed by atoms with Crippen molar-refractivity contribution in [2.24, 2.45) is 17.6 Å². The van der Waals surface area contributed by atoms with Crippen LogP contribution in [0, 0.1) is 18.8 Å². The lowest BCUT2D eigenvalue weighted by Crippen LogP contribution is -2.43. The average Bonchev–Trinajstić information content (AvgIpc) is 2.77. The maximum absolute atomic E-state index is 12.6.